The van der Waals surface area contributed by atoms with Crippen molar-refractivity contribution >= 4 is 28.6 Å². The van der Waals surface area contributed by atoms with Gasteiger partial charge in [0.25, 0.3) is 0 Å². The predicted molar refractivity (Wildman–Crippen MR) is 127 cm³/mol. The van der Waals surface area contributed by atoms with Crippen LogP contribution in [0.3, 0.4) is 0 Å². The lowest BCUT2D eigenvalue weighted by Gasteiger charge is -2.34. The molecule has 1 aromatic carbocycles. The maximum Gasteiger partial charge on any atom is 0.225 e. The first-order valence-corrected chi connectivity index (χ1v) is 11.0. The zero-order chi connectivity index (χ0) is 22.5. The van der Waals surface area contributed by atoms with Crippen LogP contribution in [0.2, 0.25) is 0 Å². The molecule has 1 N–H and O–H groups in total. The van der Waals surface area contributed by atoms with Gasteiger partial charge in [-0.1, -0.05) is 12.1 Å². The summed E-state index contributed by atoms with van der Waals surface area (Å²) in [7, 11) is 0. The third-order valence-corrected chi connectivity index (χ3v) is 5.64. The van der Waals surface area contributed by atoms with E-state index in [1.54, 1.807) is 30.9 Å². The number of piperazine rings is 1. The molecular weight excluding hydrogens is 416 g/mol. The van der Waals surface area contributed by atoms with Gasteiger partial charge in [0.1, 0.15) is 5.82 Å². The smallest absolute Gasteiger partial charge is 0.225 e. The number of hydrogen-bond donors (Lipinski definition) is 1. The first-order chi connectivity index (χ1) is 16.3. The fraction of sp³-hybridized carbons (Fsp3) is 0.250. The average molecular weight is 441 g/mol. The van der Waals surface area contributed by atoms with Gasteiger partial charge in [0, 0.05) is 74.9 Å². The highest BCUT2D eigenvalue weighted by Gasteiger charge is 2.22. The Kier molecular flexibility index (Phi) is 6.01. The Morgan fingerprint density at radius 1 is 0.879 bits per heavy atom. The number of benzene rings is 1. The molecule has 1 amide bonds. The monoisotopic (exact) mass is 440 g/mol. The van der Waals surface area contributed by atoms with Gasteiger partial charge >= 0.3 is 0 Å². The molecule has 0 aliphatic carbocycles. The molecule has 1 saturated heterocycles. The SMILES string of the molecule is O=C(CCNc1nc(-c2ccncc2)nc2ccccc12)N1CCN(c2ncccn2)CC1. The van der Waals surface area contributed by atoms with Crippen LogP contribution < -0.4 is 10.2 Å². The van der Waals surface area contributed by atoms with Crippen LogP contribution in [-0.2, 0) is 4.79 Å². The molecule has 5 rings (SSSR count). The first-order valence-electron chi connectivity index (χ1n) is 11.0. The molecule has 0 bridgehead atoms. The molecule has 4 heterocycles. The maximum absolute atomic E-state index is 12.8. The van der Waals surface area contributed by atoms with Crippen molar-refractivity contribution in [2.75, 3.05) is 42.9 Å². The molecule has 0 unspecified atom stereocenters. The van der Waals surface area contributed by atoms with Crippen molar-refractivity contribution in [3.8, 4) is 11.4 Å². The number of carbonyl (C=O) groups excluding carboxylic acids is 1. The minimum atomic E-state index is 0.129. The highest BCUT2D eigenvalue weighted by atomic mass is 16.2. The molecule has 1 aliphatic heterocycles. The zero-order valence-electron chi connectivity index (χ0n) is 18.1. The van der Waals surface area contributed by atoms with Crippen LogP contribution in [0.5, 0.6) is 0 Å². The number of nitrogens with one attached hydrogen (secondary N) is 1. The second-order valence-corrected chi connectivity index (χ2v) is 7.74. The van der Waals surface area contributed by atoms with Crippen molar-refractivity contribution in [3.05, 3.63) is 67.3 Å². The van der Waals surface area contributed by atoms with Crippen LogP contribution in [0, 0.1) is 0 Å². The number of pyridine rings is 1. The molecule has 9 nitrogen and oxygen atoms in total. The lowest BCUT2D eigenvalue weighted by Crippen LogP contribution is -2.49. The van der Waals surface area contributed by atoms with E-state index < -0.39 is 0 Å². The van der Waals surface area contributed by atoms with E-state index in [0.29, 0.717) is 37.8 Å². The Hall–Kier alpha value is -4.14. The van der Waals surface area contributed by atoms with E-state index in [4.69, 9.17) is 4.98 Å². The molecule has 0 spiro atoms. The second kappa shape index (κ2) is 9.56. The standard InChI is InChI=1S/C24H24N8O/c33-21(31-14-16-32(17-15-31)24-27-9-3-10-28-24)8-13-26-23-19-4-1-2-5-20(19)29-22(30-23)18-6-11-25-12-7-18/h1-7,9-12H,8,13-17H2,(H,26,29,30). The highest BCUT2D eigenvalue weighted by molar-refractivity contribution is 5.90. The van der Waals surface area contributed by atoms with Gasteiger partial charge in [-0.15, -0.1) is 0 Å². The minimum Gasteiger partial charge on any atom is -0.369 e. The summed E-state index contributed by atoms with van der Waals surface area (Å²) in [5, 5.41) is 4.29. The van der Waals surface area contributed by atoms with Crippen LogP contribution in [-0.4, -0.2) is 68.5 Å². The average Bonchev–Trinajstić information content (AvgIpc) is 2.89. The predicted octanol–water partition coefficient (Wildman–Crippen LogP) is 2.63. The third-order valence-electron chi connectivity index (χ3n) is 5.64. The molecule has 9 heteroatoms. The number of fused-ring (bicyclic) bond motifs is 1. The van der Waals surface area contributed by atoms with Gasteiger partial charge in [-0.3, -0.25) is 9.78 Å². The van der Waals surface area contributed by atoms with Gasteiger partial charge in [0.2, 0.25) is 11.9 Å². The minimum absolute atomic E-state index is 0.129. The second-order valence-electron chi connectivity index (χ2n) is 7.74. The molecule has 0 saturated carbocycles. The summed E-state index contributed by atoms with van der Waals surface area (Å²) in [6.07, 6.45) is 7.32. The van der Waals surface area contributed by atoms with Crippen LogP contribution in [0.1, 0.15) is 6.42 Å². The highest BCUT2D eigenvalue weighted by Crippen LogP contribution is 2.24. The van der Waals surface area contributed by atoms with E-state index in [-0.39, 0.29) is 5.91 Å². The summed E-state index contributed by atoms with van der Waals surface area (Å²) in [6, 6.07) is 13.4. The molecule has 33 heavy (non-hydrogen) atoms. The van der Waals surface area contributed by atoms with Gasteiger partial charge in [-0.05, 0) is 30.3 Å². The number of rotatable bonds is 6. The van der Waals surface area contributed by atoms with E-state index in [1.807, 2.05) is 41.3 Å². The Bertz CT molecular complexity index is 1230. The molecule has 0 atom stereocenters. The van der Waals surface area contributed by atoms with E-state index in [9.17, 15) is 4.79 Å². The molecular formula is C24H24N8O. The summed E-state index contributed by atoms with van der Waals surface area (Å²) >= 11 is 0. The first kappa shape index (κ1) is 20.7. The van der Waals surface area contributed by atoms with Gasteiger partial charge in [0.15, 0.2) is 5.82 Å². The van der Waals surface area contributed by atoms with E-state index in [1.165, 1.54) is 0 Å². The lowest BCUT2D eigenvalue weighted by molar-refractivity contribution is -0.131. The van der Waals surface area contributed by atoms with Gasteiger partial charge in [-0.2, -0.15) is 0 Å². The van der Waals surface area contributed by atoms with Crippen LogP contribution in [0.25, 0.3) is 22.3 Å². The fourth-order valence-corrected chi connectivity index (χ4v) is 3.90. The normalized spacial score (nSPS) is 13.8. The van der Waals surface area contributed by atoms with Crippen molar-refractivity contribution in [1.29, 1.82) is 0 Å². The van der Waals surface area contributed by atoms with Crippen LogP contribution in [0.4, 0.5) is 11.8 Å². The Balaban J connectivity index is 1.22. The number of hydrogen-bond acceptors (Lipinski definition) is 8. The number of anilines is 2. The van der Waals surface area contributed by atoms with Crippen molar-refractivity contribution in [1.82, 2.24) is 29.8 Å². The summed E-state index contributed by atoms with van der Waals surface area (Å²) in [5.41, 5.74) is 1.75. The summed E-state index contributed by atoms with van der Waals surface area (Å²) in [6.45, 7) is 3.29. The summed E-state index contributed by atoms with van der Waals surface area (Å²) in [5.74, 6) is 2.20. The van der Waals surface area contributed by atoms with E-state index in [0.717, 1.165) is 35.4 Å². The van der Waals surface area contributed by atoms with Gasteiger partial charge in [0.05, 0.1) is 5.52 Å². The maximum atomic E-state index is 12.8. The van der Waals surface area contributed by atoms with Crippen molar-refractivity contribution in [2.24, 2.45) is 0 Å². The molecule has 166 valence electrons. The van der Waals surface area contributed by atoms with Crippen LogP contribution in [0.15, 0.2) is 67.3 Å². The molecule has 1 aliphatic rings. The zero-order valence-corrected chi connectivity index (χ0v) is 18.1. The fourth-order valence-electron chi connectivity index (χ4n) is 3.90. The van der Waals surface area contributed by atoms with Gasteiger partial charge in [-0.25, -0.2) is 19.9 Å². The number of aromatic nitrogens is 5. The quantitative estimate of drug-likeness (QED) is 0.488. The summed E-state index contributed by atoms with van der Waals surface area (Å²) < 4.78 is 0. The molecule has 3 aromatic heterocycles. The molecule has 1 fully saturated rings. The number of nitrogens with zero attached hydrogens (tertiary/aromatic N) is 7. The Morgan fingerprint density at radius 2 is 1.64 bits per heavy atom. The van der Waals surface area contributed by atoms with Crippen LogP contribution >= 0.6 is 0 Å². The van der Waals surface area contributed by atoms with Crippen molar-refractivity contribution in [2.45, 2.75) is 6.42 Å². The number of amides is 1. The van der Waals surface area contributed by atoms with Crippen molar-refractivity contribution in [3.63, 3.8) is 0 Å². The lowest BCUT2D eigenvalue weighted by atomic mass is 10.2. The topological polar surface area (TPSA) is 100 Å². The molecule has 4 aromatic rings. The summed E-state index contributed by atoms with van der Waals surface area (Å²) in [4.78, 5) is 38.9. The van der Waals surface area contributed by atoms with Crippen molar-refractivity contribution < 1.29 is 4.79 Å². The number of carbonyl (C=O) groups is 1. The van der Waals surface area contributed by atoms with Gasteiger partial charge < -0.3 is 15.1 Å². The largest absolute Gasteiger partial charge is 0.369 e. The van der Waals surface area contributed by atoms with E-state index in [2.05, 4.69) is 30.2 Å². The van der Waals surface area contributed by atoms with E-state index >= 15 is 0 Å². The molecule has 0 radical (unpaired) electrons. The third kappa shape index (κ3) is 4.72. The number of para-hydroxylation sites is 1. The Labute approximate surface area is 191 Å². The Morgan fingerprint density at radius 3 is 2.42 bits per heavy atom.